The summed E-state index contributed by atoms with van der Waals surface area (Å²) in [5.74, 6) is 0. The number of rotatable bonds is 2. The van der Waals surface area contributed by atoms with Gasteiger partial charge in [0.2, 0.25) is 0 Å². The largest absolute Gasteiger partial charge is 0.462 e. The molecule has 0 saturated heterocycles. The molecular formula is C23H27N3O2. The quantitative estimate of drug-likeness (QED) is 0.863. The second-order valence-corrected chi connectivity index (χ2v) is 8.38. The molecule has 1 aliphatic heterocycles. The first-order valence-corrected chi connectivity index (χ1v) is 9.93. The minimum atomic E-state index is -2.01. The number of hydrogen-bond acceptors (Lipinski definition) is 5. The maximum absolute atomic E-state index is 8.86. The Morgan fingerprint density at radius 3 is 2.71 bits per heavy atom. The Balaban J connectivity index is 1.68. The molecule has 2 N–H and O–H groups in total. The summed E-state index contributed by atoms with van der Waals surface area (Å²) < 4.78 is 28.8. The molecule has 28 heavy (non-hydrogen) atoms. The number of nitrogens with zero attached hydrogens (tertiary/aromatic N) is 2. The third-order valence-electron chi connectivity index (χ3n) is 6.81. The number of aryl methyl sites for hydroxylation is 1. The van der Waals surface area contributed by atoms with Gasteiger partial charge in [-0.2, -0.15) is 0 Å². The van der Waals surface area contributed by atoms with Gasteiger partial charge in [0.25, 0.3) is 6.02 Å². The molecule has 2 aliphatic carbocycles. The van der Waals surface area contributed by atoms with Crippen LogP contribution in [0.25, 0.3) is 11.1 Å². The third-order valence-corrected chi connectivity index (χ3v) is 6.81. The monoisotopic (exact) mass is 379 g/mol. The Bertz CT molecular complexity index is 1030. The fraction of sp³-hybridized carbons (Fsp3) is 0.478. The van der Waals surface area contributed by atoms with Crippen molar-refractivity contribution in [2.75, 3.05) is 13.7 Å². The van der Waals surface area contributed by atoms with Crippen LogP contribution in [0.15, 0.2) is 41.7 Å². The molecule has 2 heterocycles. The number of amidine groups is 1. The fourth-order valence-electron chi connectivity index (χ4n) is 5.34. The van der Waals surface area contributed by atoms with Crippen LogP contribution in [0.4, 0.5) is 0 Å². The van der Waals surface area contributed by atoms with E-state index in [-0.39, 0.29) is 17.5 Å². The Labute approximate surface area is 168 Å². The van der Waals surface area contributed by atoms with E-state index in [0.717, 1.165) is 59.9 Å². The molecule has 146 valence electrons. The number of pyridine rings is 1. The van der Waals surface area contributed by atoms with Gasteiger partial charge >= 0.3 is 0 Å². The maximum atomic E-state index is 8.86. The summed E-state index contributed by atoms with van der Waals surface area (Å²) in [6.45, 7) is 0.00868. The van der Waals surface area contributed by atoms with E-state index in [1.165, 1.54) is 0 Å². The molecule has 1 fully saturated rings. The van der Waals surface area contributed by atoms with Crippen LogP contribution >= 0.6 is 0 Å². The van der Waals surface area contributed by atoms with Gasteiger partial charge in [-0.3, -0.25) is 4.98 Å². The van der Waals surface area contributed by atoms with Crippen molar-refractivity contribution in [2.45, 2.75) is 50.7 Å². The van der Waals surface area contributed by atoms with Crippen LogP contribution in [0.1, 0.15) is 45.1 Å². The van der Waals surface area contributed by atoms with Crippen molar-refractivity contribution in [3.05, 3.63) is 53.3 Å². The smallest absolute Gasteiger partial charge is 0.283 e. The lowest BCUT2D eigenvalue weighted by Crippen LogP contribution is -2.46. The van der Waals surface area contributed by atoms with E-state index in [2.05, 4.69) is 29.2 Å². The lowest BCUT2D eigenvalue weighted by molar-refractivity contribution is -0.00983. The number of aromatic nitrogens is 1. The summed E-state index contributed by atoms with van der Waals surface area (Å²) in [5.41, 5.74) is 9.57. The molecule has 0 radical (unpaired) electrons. The van der Waals surface area contributed by atoms with Gasteiger partial charge in [-0.1, -0.05) is 12.1 Å². The normalized spacial score (nSPS) is 33.9. The molecule has 2 aromatic rings. The highest BCUT2D eigenvalue weighted by molar-refractivity contribution is 5.76. The molecule has 0 amide bonds. The molecule has 3 aliphatic rings. The highest BCUT2D eigenvalue weighted by Gasteiger charge is 2.61. The molecule has 1 atom stereocenters. The molecule has 5 rings (SSSR count). The molecule has 0 unspecified atom stereocenters. The average Bonchev–Trinajstić information content (AvgIpc) is 3.13. The molecule has 5 nitrogen and oxygen atoms in total. The van der Waals surface area contributed by atoms with Crippen LogP contribution in [-0.4, -0.2) is 30.8 Å². The van der Waals surface area contributed by atoms with Crippen LogP contribution in [0.3, 0.4) is 0 Å². The van der Waals surface area contributed by atoms with Gasteiger partial charge in [-0.05, 0) is 73.4 Å². The zero-order valence-electron chi connectivity index (χ0n) is 18.4. The topological polar surface area (TPSA) is 69.7 Å². The summed E-state index contributed by atoms with van der Waals surface area (Å²) in [7, 11) is 1.75. The maximum Gasteiger partial charge on any atom is 0.283 e. The number of ether oxygens (including phenoxy) is 2. The third kappa shape index (κ3) is 2.49. The predicted molar refractivity (Wildman–Crippen MR) is 109 cm³/mol. The molecule has 2 spiro atoms. The van der Waals surface area contributed by atoms with Crippen LogP contribution in [0.2, 0.25) is 0 Å². The van der Waals surface area contributed by atoms with Gasteiger partial charge in [0.1, 0.15) is 12.1 Å². The summed E-state index contributed by atoms with van der Waals surface area (Å²) in [6, 6.07) is 8.32. The minimum Gasteiger partial charge on any atom is -0.462 e. The zero-order chi connectivity index (χ0) is 21.1. The molecule has 1 aromatic carbocycles. The van der Waals surface area contributed by atoms with Gasteiger partial charge in [0.05, 0.1) is 8.85 Å². The first-order chi connectivity index (χ1) is 14.3. The van der Waals surface area contributed by atoms with Crippen molar-refractivity contribution in [1.29, 1.82) is 0 Å². The minimum absolute atomic E-state index is 0.0660. The molecule has 1 aromatic heterocycles. The number of methoxy groups -OCH3 is 1. The van der Waals surface area contributed by atoms with E-state index in [0.29, 0.717) is 0 Å². The highest BCUT2D eigenvalue weighted by Crippen LogP contribution is 2.61. The standard InChI is InChI=1S/C23H27N3O2/c1-15-9-18(13-25-12-15)16-3-4-17-11-22(7-5-19(27-2)6-8-22)23(20(17)10-16)14-28-21(24)26-23/h3-4,9-10,12-13,19H,5-8,11,14H2,1-2H3,(H2,24,26)/t19?,22?,23-/m0/s1/i14D2. The van der Waals surface area contributed by atoms with E-state index in [1.54, 1.807) is 7.11 Å². The van der Waals surface area contributed by atoms with Crippen molar-refractivity contribution in [2.24, 2.45) is 16.1 Å². The van der Waals surface area contributed by atoms with Crippen molar-refractivity contribution in [3.8, 4) is 11.1 Å². The van der Waals surface area contributed by atoms with Crippen molar-refractivity contribution >= 4 is 6.02 Å². The Hall–Kier alpha value is -2.40. The summed E-state index contributed by atoms with van der Waals surface area (Å²) in [4.78, 5) is 9.06. The fourth-order valence-corrected chi connectivity index (χ4v) is 5.34. The van der Waals surface area contributed by atoms with Gasteiger partial charge in [-0.25, -0.2) is 4.99 Å². The van der Waals surface area contributed by atoms with E-state index in [1.807, 2.05) is 19.3 Å². The number of benzene rings is 1. The SMILES string of the molecule is [2H]C1([2H])OC(N)=N[C@]12c1cc(-c3cncc(C)c3)ccc1CC21CCC(OC)CC1. The molecule has 0 bridgehead atoms. The van der Waals surface area contributed by atoms with E-state index < -0.39 is 12.1 Å². The van der Waals surface area contributed by atoms with Crippen LogP contribution in [0, 0.1) is 12.3 Å². The molecule has 5 heteroatoms. The number of nitrogens with two attached hydrogens (primary N) is 1. The van der Waals surface area contributed by atoms with E-state index in [4.69, 9.17) is 22.9 Å². The predicted octanol–water partition coefficient (Wildman–Crippen LogP) is 3.73. The summed E-state index contributed by atoms with van der Waals surface area (Å²) >= 11 is 0. The second kappa shape index (κ2) is 6.31. The zero-order valence-corrected chi connectivity index (χ0v) is 16.4. The number of aliphatic imine (C=N–C) groups is 1. The molecular weight excluding hydrogens is 350 g/mol. The number of hydrogen-bond donors (Lipinski definition) is 1. The summed E-state index contributed by atoms with van der Waals surface area (Å²) in [5, 5.41) is 0. The van der Waals surface area contributed by atoms with Gasteiger partial charge in [0, 0.05) is 30.5 Å². The van der Waals surface area contributed by atoms with E-state index >= 15 is 0 Å². The number of fused-ring (bicyclic) bond motifs is 3. The first kappa shape index (κ1) is 15.5. The van der Waals surface area contributed by atoms with Crippen LogP contribution in [0.5, 0.6) is 0 Å². The van der Waals surface area contributed by atoms with Crippen molar-refractivity contribution in [3.63, 3.8) is 0 Å². The van der Waals surface area contributed by atoms with Gasteiger partial charge in [0.15, 0.2) is 0 Å². The Kier molecular flexibility index (Phi) is 3.50. The van der Waals surface area contributed by atoms with Crippen molar-refractivity contribution < 1.29 is 12.2 Å². The lowest BCUT2D eigenvalue weighted by Gasteiger charge is -2.45. The van der Waals surface area contributed by atoms with Crippen LogP contribution in [-0.2, 0) is 21.4 Å². The second-order valence-electron chi connectivity index (χ2n) is 8.38. The van der Waals surface area contributed by atoms with Gasteiger partial charge in [-0.15, -0.1) is 0 Å². The first-order valence-electron chi connectivity index (χ1n) is 10.9. The molecule has 1 saturated carbocycles. The lowest BCUT2D eigenvalue weighted by atomic mass is 9.62. The Morgan fingerprint density at radius 2 is 2.04 bits per heavy atom. The summed E-state index contributed by atoms with van der Waals surface area (Å²) in [6.07, 6.45) is 8.05. The van der Waals surface area contributed by atoms with Crippen molar-refractivity contribution in [1.82, 2.24) is 4.98 Å². The average molecular weight is 380 g/mol. The van der Waals surface area contributed by atoms with E-state index in [9.17, 15) is 0 Å². The van der Waals surface area contributed by atoms with Crippen LogP contribution < -0.4 is 5.73 Å². The highest BCUT2D eigenvalue weighted by atomic mass is 16.5. The van der Waals surface area contributed by atoms with Gasteiger partial charge < -0.3 is 15.2 Å². The Morgan fingerprint density at radius 1 is 1.21 bits per heavy atom.